The van der Waals surface area contributed by atoms with Gasteiger partial charge in [-0.3, -0.25) is 0 Å². The van der Waals surface area contributed by atoms with Crippen molar-refractivity contribution in [2.24, 2.45) is 29.6 Å². The molecule has 2 saturated carbocycles. The van der Waals surface area contributed by atoms with Crippen LogP contribution in [0.5, 0.6) is 0 Å². The molecule has 0 heterocycles. The van der Waals surface area contributed by atoms with Crippen LogP contribution >= 0.6 is 0 Å². The Hall–Kier alpha value is -0.600. The Kier molecular flexibility index (Phi) is 3.50. The van der Waals surface area contributed by atoms with Crippen LogP contribution in [-0.4, -0.2) is 27.4 Å². The maximum Gasteiger partial charge on any atom is 0.0499 e. The molecule has 0 aromatic heterocycles. The molecule has 0 spiro atoms. The molecule has 0 aromatic rings. The molecule has 2 aliphatic rings. The summed E-state index contributed by atoms with van der Waals surface area (Å²) >= 11 is 0. The average molecular weight is 222 g/mol. The molecule has 2 rings (SSSR count). The molecule has 16 heavy (non-hydrogen) atoms. The number of fused-ring (bicyclic) bond motifs is 2. The molecule has 90 valence electrons. The molecule has 0 aromatic carbocycles. The predicted molar refractivity (Wildman–Crippen MR) is 65.2 cm³/mol. The van der Waals surface area contributed by atoms with Gasteiger partial charge >= 0.3 is 0 Å². The highest BCUT2D eigenvalue weighted by Gasteiger charge is 2.53. The second kappa shape index (κ2) is 4.72. The lowest BCUT2D eigenvalue weighted by Crippen LogP contribution is -2.34. The van der Waals surface area contributed by atoms with Crippen molar-refractivity contribution in [3.8, 4) is 0 Å². The number of ether oxygens (including phenoxy) is 2. The van der Waals surface area contributed by atoms with Crippen molar-refractivity contribution in [3.05, 3.63) is 24.8 Å². The van der Waals surface area contributed by atoms with E-state index >= 15 is 0 Å². The Morgan fingerprint density at radius 1 is 1.25 bits per heavy atom. The Balaban J connectivity index is 2.17. The fourth-order valence-electron chi connectivity index (χ4n) is 3.82. The fourth-order valence-corrected chi connectivity index (χ4v) is 3.82. The molecule has 5 unspecified atom stereocenters. The highest BCUT2D eigenvalue weighted by atomic mass is 16.5. The van der Waals surface area contributed by atoms with Crippen molar-refractivity contribution < 1.29 is 9.47 Å². The van der Waals surface area contributed by atoms with Gasteiger partial charge in [0.25, 0.3) is 0 Å². The molecule has 2 aliphatic carbocycles. The van der Waals surface area contributed by atoms with Crippen LogP contribution in [0.15, 0.2) is 24.8 Å². The van der Waals surface area contributed by atoms with Crippen LogP contribution in [0.4, 0.5) is 0 Å². The first-order valence-electron chi connectivity index (χ1n) is 6.03. The van der Waals surface area contributed by atoms with E-state index in [4.69, 9.17) is 9.47 Å². The van der Waals surface area contributed by atoms with Crippen LogP contribution < -0.4 is 0 Å². The number of methoxy groups -OCH3 is 2. The fraction of sp³-hybridized carbons (Fsp3) is 0.714. The summed E-state index contributed by atoms with van der Waals surface area (Å²) in [6.07, 6.45) is 3.32. The Labute approximate surface area is 98.3 Å². The van der Waals surface area contributed by atoms with E-state index in [1.54, 1.807) is 14.2 Å². The third kappa shape index (κ3) is 1.64. The topological polar surface area (TPSA) is 18.5 Å². The number of hydrogen-bond donors (Lipinski definition) is 0. The van der Waals surface area contributed by atoms with Crippen molar-refractivity contribution in [1.29, 1.82) is 0 Å². The van der Waals surface area contributed by atoms with Gasteiger partial charge in [-0.25, -0.2) is 0 Å². The first kappa shape index (κ1) is 11.9. The van der Waals surface area contributed by atoms with Crippen LogP contribution in [-0.2, 0) is 9.47 Å². The van der Waals surface area contributed by atoms with Crippen molar-refractivity contribution in [2.75, 3.05) is 27.4 Å². The van der Waals surface area contributed by atoms with Crippen molar-refractivity contribution in [3.63, 3.8) is 0 Å². The minimum absolute atomic E-state index is 0.498. The molecule has 0 N–H and O–H groups in total. The summed E-state index contributed by atoms with van der Waals surface area (Å²) in [6, 6.07) is 0. The number of hydrogen-bond acceptors (Lipinski definition) is 2. The van der Waals surface area contributed by atoms with Gasteiger partial charge in [0.2, 0.25) is 0 Å². The number of allylic oxidation sites excluding steroid dienone is 2. The van der Waals surface area contributed by atoms with Gasteiger partial charge in [-0.1, -0.05) is 18.2 Å². The van der Waals surface area contributed by atoms with Crippen LogP contribution in [0.3, 0.4) is 0 Å². The molecule has 2 fully saturated rings. The summed E-state index contributed by atoms with van der Waals surface area (Å²) < 4.78 is 10.7. The quantitative estimate of drug-likeness (QED) is 0.665. The largest absolute Gasteiger partial charge is 0.384 e. The van der Waals surface area contributed by atoms with E-state index in [2.05, 4.69) is 19.2 Å². The zero-order chi connectivity index (χ0) is 11.7. The zero-order valence-electron chi connectivity index (χ0n) is 10.3. The lowest BCUT2D eigenvalue weighted by atomic mass is 9.72. The van der Waals surface area contributed by atoms with E-state index < -0.39 is 0 Å². The van der Waals surface area contributed by atoms with Crippen LogP contribution in [0.2, 0.25) is 0 Å². The molecular weight excluding hydrogens is 200 g/mol. The van der Waals surface area contributed by atoms with Crippen molar-refractivity contribution in [1.82, 2.24) is 0 Å². The first-order chi connectivity index (χ1) is 7.74. The minimum Gasteiger partial charge on any atom is -0.384 e. The highest BCUT2D eigenvalue weighted by molar-refractivity contribution is 5.26. The molecule has 2 heteroatoms. The van der Waals surface area contributed by atoms with E-state index in [0.717, 1.165) is 13.2 Å². The van der Waals surface area contributed by atoms with Crippen LogP contribution in [0.1, 0.15) is 6.42 Å². The molecule has 2 nitrogen and oxygen atoms in total. The standard InChI is InChI=1S/C14H22O2/c1-5-10-9(2)11-6-12(10)14(8-16-4)13(11)7-15-3/h5,10-14H,1-2,6-8H2,3-4H3. The molecule has 0 radical (unpaired) electrons. The molecule has 0 amide bonds. The third-order valence-corrected chi connectivity index (χ3v) is 4.48. The summed E-state index contributed by atoms with van der Waals surface area (Å²) in [5, 5.41) is 0. The van der Waals surface area contributed by atoms with Gasteiger partial charge in [-0.15, -0.1) is 6.58 Å². The summed E-state index contributed by atoms with van der Waals surface area (Å²) in [5.41, 5.74) is 1.37. The van der Waals surface area contributed by atoms with Crippen molar-refractivity contribution >= 4 is 0 Å². The molecule has 0 saturated heterocycles. The van der Waals surface area contributed by atoms with Gasteiger partial charge in [-0.2, -0.15) is 0 Å². The van der Waals surface area contributed by atoms with Crippen molar-refractivity contribution in [2.45, 2.75) is 6.42 Å². The Bertz CT molecular complexity index is 284. The van der Waals surface area contributed by atoms with Gasteiger partial charge in [0.1, 0.15) is 0 Å². The second-order valence-electron chi connectivity index (χ2n) is 5.08. The van der Waals surface area contributed by atoms with Crippen LogP contribution in [0.25, 0.3) is 0 Å². The SMILES string of the molecule is C=CC1C(=C)C2CC1C(COC)C2COC. The summed E-state index contributed by atoms with van der Waals surface area (Å²) in [4.78, 5) is 0. The third-order valence-electron chi connectivity index (χ3n) is 4.48. The first-order valence-corrected chi connectivity index (χ1v) is 6.03. The minimum atomic E-state index is 0.498. The molecule has 5 atom stereocenters. The normalized spacial score (nSPS) is 41.6. The highest BCUT2D eigenvalue weighted by Crippen LogP contribution is 2.57. The van der Waals surface area contributed by atoms with E-state index in [1.165, 1.54) is 12.0 Å². The predicted octanol–water partition coefficient (Wildman–Crippen LogP) is 2.52. The van der Waals surface area contributed by atoms with E-state index in [1.807, 2.05) is 0 Å². The average Bonchev–Trinajstić information content (AvgIpc) is 2.76. The van der Waals surface area contributed by atoms with Gasteiger partial charge in [0.15, 0.2) is 0 Å². The van der Waals surface area contributed by atoms with E-state index in [0.29, 0.717) is 29.6 Å². The van der Waals surface area contributed by atoms with E-state index in [9.17, 15) is 0 Å². The monoisotopic (exact) mass is 222 g/mol. The van der Waals surface area contributed by atoms with Gasteiger partial charge in [0.05, 0.1) is 0 Å². The lowest BCUT2D eigenvalue weighted by Gasteiger charge is -2.35. The van der Waals surface area contributed by atoms with Crippen LogP contribution in [0, 0.1) is 29.6 Å². The van der Waals surface area contributed by atoms with Gasteiger partial charge in [-0.05, 0) is 30.1 Å². The lowest BCUT2D eigenvalue weighted by molar-refractivity contribution is 0.0448. The molecular formula is C14H22O2. The zero-order valence-corrected chi connectivity index (χ0v) is 10.3. The Morgan fingerprint density at radius 3 is 2.44 bits per heavy atom. The summed E-state index contributed by atoms with van der Waals surface area (Å²) in [6.45, 7) is 9.86. The maximum absolute atomic E-state index is 5.36. The summed E-state index contributed by atoms with van der Waals surface area (Å²) in [7, 11) is 3.57. The number of rotatable bonds is 5. The summed E-state index contributed by atoms with van der Waals surface area (Å²) in [5.74, 6) is 3.00. The van der Waals surface area contributed by atoms with Gasteiger partial charge < -0.3 is 9.47 Å². The Morgan fingerprint density at radius 2 is 1.88 bits per heavy atom. The molecule has 2 bridgehead atoms. The smallest absolute Gasteiger partial charge is 0.0499 e. The molecule has 0 aliphatic heterocycles. The van der Waals surface area contributed by atoms with Gasteiger partial charge in [0, 0.05) is 33.4 Å². The van der Waals surface area contributed by atoms with E-state index in [-0.39, 0.29) is 0 Å². The second-order valence-corrected chi connectivity index (χ2v) is 5.08. The maximum atomic E-state index is 5.36.